The standard InChI is InChI=1S/C18H16ClNO8/c1-27-14-7-10(21)9(5-11(14)22)20-15(25)4-3-8-16(18(26)28-2)12(23)6-13(24)17(8)19/h6-7,23-24H,3-5H2,1-2H3. The monoisotopic (exact) mass is 409 g/mol. The number of amides is 1. The number of rotatable bonds is 5. The number of ether oxygens (including phenoxy) is 2. The van der Waals surface area contributed by atoms with Gasteiger partial charge in [0.05, 0.1) is 31.4 Å². The molecule has 0 spiro atoms. The molecular formula is C18H16ClNO8. The predicted molar refractivity (Wildman–Crippen MR) is 96.6 cm³/mol. The molecule has 0 fully saturated rings. The summed E-state index contributed by atoms with van der Waals surface area (Å²) in [4.78, 5) is 51.3. The molecule has 0 radical (unpaired) electrons. The van der Waals surface area contributed by atoms with Crippen LogP contribution in [0.25, 0.3) is 0 Å². The molecule has 148 valence electrons. The van der Waals surface area contributed by atoms with Crippen molar-refractivity contribution >= 4 is 40.8 Å². The molecule has 1 aromatic rings. The number of hydrogen-bond donors (Lipinski definition) is 2. The number of aliphatic imine (C=N–C) groups is 1. The fourth-order valence-electron chi connectivity index (χ4n) is 2.56. The predicted octanol–water partition coefficient (Wildman–Crippen LogP) is 1.51. The number of nitrogens with zero attached hydrogens (tertiary/aromatic N) is 1. The zero-order valence-electron chi connectivity index (χ0n) is 14.9. The highest BCUT2D eigenvalue weighted by Gasteiger charge is 2.27. The summed E-state index contributed by atoms with van der Waals surface area (Å²) in [5.41, 5.74) is -0.525. The molecule has 10 heteroatoms. The van der Waals surface area contributed by atoms with Gasteiger partial charge in [-0.05, 0) is 12.0 Å². The van der Waals surface area contributed by atoms with E-state index in [1.807, 2.05) is 0 Å². The highest BCUT2D eigenvalue weighted by Crippen LogP contribution is 2.37. The van der Waals surface area contributed by atoms with Crippen molar-refractivity contribution in [1.82, 2.24) is 0 Å². The average molecular weight is 410 g/mol. The quantitative estimate of drug-likeness (QED) is 0.697. The zero-order chi connectivity index (χ0) is 21.0. The maximum absolute atomic E-state index is 12.1. The van der Waals surface area contributed by atoms with Gasteiger partial charge in [-0.25, -0.2) is 9.79 Å². The fraction of sp³-hybridized carbons (Fsp3) is 0.278. The van der Waals surface area contributed by atoms with E-state index in [4.69, 9.17) is 16.3 Å². The summed E-state index contributed by atoms with van der Waals surface area (Å²) < 4.78 is 9.33. The molecule has 0 unspecified atom stereocenters. The number of phenols is 2. The van der Waals surface area contributed by atoms with Crippen molar-refractivity contribution in [2.45, 2.75) is 19.3 Å². The molecule has 1 aliphatic rings. The third kappa shape index (κ3) is 4.37. The second-order valence-corrected chi connectivity index (χ2v) is 6.08. The average Bonchev–Trinajstić information content (AvgIpc) is 2.65. The molecule has 1 aliphatic carbocycles. The summed E-state index contributed by atoms with van der Waals surface area (Å²) in [5, 5.41) is 19.4. The lowest BCUT2D eigenvalue weighted by molar-refractivity contribution is -0.120. The molecule has 0 saturated heterocycles. The van der Waals surface area contributed by atoms with Gasteiger partial charge in [0.1, 0.15) is 17.1 Å². The van der Waals surface area contributed by atoms with Crippen LogP contribution in [0.5, 0.6) is 11.5 Å². The molecule has 0 aromatic heterocycles. The summed E-state index contributed by atoms with van der Waals surface area (Å²) in [6, 6.07) is 0.881. The molecule has 2 rings (SSSR count). The molecule has 0 saturated carbocycles. The van der Waals surface area contributed by atoms with E-state index >= 15 is 0 Å². The van der Waals surface area contributed by atoms with Gasteiger partial charge in [0, 0.05) is 18.6 Å². The molecule has 1 amide bonds. The minimum Gasteiger partial charge on any atom is -0.507 e. The molecule has 1 aromatic carbocycles. The summed E-state index contributed by atoms with van der Waals surface area (Å²) >= 11 is 5.98. The Balaban J connectivity index is 2.24. The van der Waals surface area contributed by atoms with Gasteiger partial charge in [-0.1, -0.05) is 11.6 Å². The number of benzene rings is 1. The van der Waals surface area contributed by atoms with Crippen molar-refractivity contribution in [3.63, 3.8) is 0 Å². The molecule has 0 bridgehead atoms. The Morgan fingerprint density at radius 2 is 1.89 bits per heavy atom. The van der Waals surface area contributed by atoms with Crippen LogP contribution in [0, 0.1) is 0 Å². The van der Waals surface area contributed by atoms with Gasteiger partial charge in [-0.3, -0.25) is 14.4 Å². The molecule has 9 nitrogen and oxygen atoms in total. The van der Waals surface area contributed by atoms with Gasteiger partial charge in [0.15, 0.2) is 5.76 Å². The number of ketones is 2. The molecule has 0 atom stereocenters. The zero-order valence-corrected chi connectivity index (χ0v) is 15.7. The number of esters is 1. The number of phenolic OH excluding ortho intramolecular Hbond substituents is 2. The largest absolute Gasteiger partial charge is 0.507 e. The SMILES string of the molecule is COC(=O)c1c(O)cc(O)c(Cl)c1CCC(=O)N=C1CC(=O)C(OC)=CC1=O. The lowest BCUT2D eigenvalue weighted by Crippen LogP contribution is -2.26. The van der Waals surface area contributed by atoms with Crippen molar-refractivity contribution < 1.29 is 38.9 Å². The Hall–Kier alpha value is -3.20. The van der Waals surface area contributed by atoms with Crippen LogP contribution >= 0.6 is 11.6 Å². The molecular weight excluding hydrogens is 394 g/mol. The molecule has 0 aliphatic heterocycles. The van der Waals surface area contributed by atoms with E-state index in [1.165, 1.54) is 7.11 Å². The van der Waals surface area contributed by atoms with Crippen LogP contribution in [0.15, 0.2) is 22.9 Å². The fourth-order valence-corrected chi connectivity index (χ4v) is 2.81. The van der Waals surface area contributed by atoms with Crippen molar-refractivity contribution in [2.75, 3.05) is 14.2 Å². The Morgan fingerprint density at radius 3 is 2.50 bits per heavy atom. The number of allylic oxidation sites excluding steroid dienone is 2. The third-order valence-corrected chi connectivity index (χ3v) is 4.35. The van der Waals surface area contributed by atoms with E-state index in [1.54, 1.807) is 0 Å². The molecule has 28 heavy (non-hydrogen) atoms. The molecule has 0 heterocycles. The van der Waals surface area contributed by atoms with Gasteiger partial charge >= 0.3 is 5.97 Å². The van der Waals surface area contributed by atoms with Crippen LogP contribution in [-0.2, 0) is 30.3 Å². The van der Waals surface area contributed by atoms with Crippen LogP contribution in [0.1, 0.15) is 28.8 Å². The van der Waals surface area contributed by atoms with E-state index in [0.717, 1.165) is 19.3 Å². The van der Waals surface area contributed by atoms with Crippen molar-refractivity contribution in [3.05, 3.63) is 34.1 Å². The van der Waals surface area contributed by atoms with E-state index in [9.17, 15) is 29.4 Å². The number of halogens is 1. The van der Waals surface area contributed by atoms with Crippen LogP contribution in [0.3, 0.4) is 0 Å². The topological polar surface area (TPSA) is 140 Å². The Morgan fingerprint density at radius 1 is 1.21 bits per heavy atom. The summed E-state index contributed by atoms with van der Waals surface area (Å²) in [5.74, 6) is -3.91. The minimum absolute atomic E-state index is 0.00724. The van der Waals surface area contributed by atoms with Gasteiger partial charge < -0.3 is 19.7 Å². The van der Waals surface area contributed by atoms with Crippen molar-refractivity contribution in [2.24, 2.45) is 4.99 Å². The number of carbonyl (C=O) groups excluding carboxylic acids is 4. The first-order valence-corrected chi connectivity index (χ1v) is 8.32. The number of aromatic hydroxyl groups is 2. The lowest BCUT2D eigenvalue weighted by atomic mass is 10.00. The lowest BCUT2D eigenvalue weighted by Gasteiger charge is -2.13. The van der Waals surface area contributed by atoms with Gasteiger partial charge in [0.25, 0.3) is 0 Å². The first kappa shape index (κ1) is 21.1. The second kappa shape index (κ2) is 8.66. The Labute approximate surface area is 164 Å². The first-order valence-electron chi connectivity index (χ1n) is 7.94. The van der Waals surface area contributed by atoms with Gasteiger partial charge in [-0.2, -0.15) is 0 Å². The van der Waals surface area contributed by atoms with Crippen LogP contribution in [-0.4, -0.2) is 53.6 Å². The van der Waals surface area contributed by atoms with Crippen molar-refractivity contribution in [1.29, 1.82) is 0 Å². The Kier molecular flexibility index (Phi) is 6.53. The third-order valence-electron chi connectivity index (χ3n) is 3.93. The van der Waals surface area contributed by atoms with Gasteiger partial charge in [-0.15, -0.1) is 0 Å². The van der Waals surface area contributed by atoms with Crippen LogP contribution < -0.4 is 0 Å². The van der Waals surface area contributed by atoms with Crippen LogP contribution in [0.2, 0.25) is 5.02 Å². The minimum atomic E-state index is -0.904. The van der Waals surface area contributed by atoms with Gasteiger partial charge in [0.2, 0.25) is 17.5 Å². The molecule has 2 N–H and O–H groups in total. The summed E-state index contributed by atoms with van der Waals surface area (Å²) in [6.07, 6.45) is 0.101. The second-order valence-electron chi connectivity index (χ2n) is 5.70. The summed E-state index contributed by atoms with van der Waals surface area (Å²) in [6.45, 7) is 0. The number of carbonyl (C=O) groups is 4. The van der Waals surface area contributed by atoms with E-state index < -0.39 is 34.9 Å². The van der Waals surface area contributed by atoms with E-state index in [-0.39, 0.29) is 46.9 Å². The normalized spacial score (nSPS) is 15.4. The van der Waals surface area contributed by atoms with Crippen molar-refractivity contribution in [3.8, 4) is 11.5 Å². The maximum Gasteiger partial charge on any atom is 0.341 e. The number of methoxy groups -OCH3 is 2. The van der Waals surface area contributed by atoms with E-state index in [0.29, 0.717) is 0 Å². The maximum atomic E-state index is 12.1. The smallest absolute Gasteiger partial charge is 0.341 e. The number of hydrogen-bond acceptors (Lipinski definition) is 8. The first-order chi connectivity index (χ1) is 13.2. The number of Topliss-reactive ketones (excluding diaryl/α,β-unsaturated/α-hetero) is 1. The summed E-state index contributed by atoms with van der Waals surface area (Å²) in [7, 11) is 2.34. The highest BCUT2D eigenvalue weighted by atomic mass is 35.5. The highest BCUT2D eigenvalue weighted by molar-refractivity contribution is 6.50. The van der Waals surface area contributed by atoms with E-state index in [2.05, 4.69) is 9.73 Å². The Bertz CT molecular complexity index is 932. The van der Waals surface area contributed by atoms with Crippen LogP contribution in [0.4, 0.5) is 0 Å².